The highest BCUT2D eigenvalue weighted by molar-refractivity contribution is 5.87. The Labute approximate surface area is 136 Å². The summed E-state index contributed by atoms with van der Waals surface area (Å²) in [4.78, 5) is 22.8. The second kappa shape index (κ2) is 6.68. The van der Waals surface area contributed by atoms with Gasteiger partial charge < -0.3 is 20.1 Å². The Morgan fingerprint density at radius 1 is 1.29 bits per heavy atom. The Kier molecular flexibility index (Phi) is 5.02. The Morgan fingerprint density at radius 3 is 2.50 bits per heavy atom. The van der Waals surface area contributed by atoms with Gasteiger partial charge in [-0.3, -0.25) is 0 Å². The van der Waals surface area contributed by atoms with Gasteiger partial charge in [0.15, 0.2) is 0 Å². The van der Waals surface area contributed by atoms with Crippen LogP contribution < -0.4 is 10.5 Å². The number of likely N-dealkylation sites (N-methyl/N-ethyl adjacent to an activating group) is 1. The van der Waals surface area contributed by atoms with Crippen molar-refractivity contribution in [3.05, 3.63) is 29.8 Å². The smallest absolute Gasteiger partial charge is 0.491 e. The first kappa shape index (κ1) is 18.1. The van der Waals surface area contributed by atoms with E-state index in [1.165, 1.54) is 7.05 Å². The molecule has 0 heterocycles. The number of alkyl halides is 3. The number of carbonyl (C=O) groups excluding carboxylic acids is 2. The van der Waals surface area contributed by atoms with Crippen LogP contribution in [0.25, 0.3) is 0 Å². The van der Waals surface area contributed by atoms with Crippen molar-refractivity contribution in [2.24, 2.45) is 5.73 Å². The van der Waals surface area contributed by atoms with Gasteiger partial charge in [0.05, 0.1) is 6.54 Å². The number of hydrogen-bond donors (Lipinski definition) is 1. The average molecular weight is 346 g/mol. The maximum Gasteiger partial charge on any atom is 0.491 e. The zero-order chi connectivity index (χ0) is 18.0. The van der Waals surface area contributed by atoms with Gasteiger partial charge in [-0.15, -0.1) is 0 Å². The van der Waals surface area contributed by atoms with E-state index in [4.69, 9.17) is 10.5 Å². The highest BCUT2D eigenvalue weighted by Gasteiger charge is 2.43. The third kappa shape index (κ3) is 4.38. The van der Waals surface area contributed by atoms with Crippen molar-refractivity contribution < 1.29 is 32.2 Å². The molecule has 0 bridgehead atoms. The number of rotatable bonds is 5. The summed E-state index contributed by atoms with van der Waals surface area (Å²) in [6, 6.07) is 7.18. The van der Waals surface area contributed by atoms with E-state index in [2.05, 4.69) is 4.74 Å². The van der Waals surface area contributed by atoms with E-state index < -0.39 is 23.8 Å². The first-order chi connectivity index (χ1) is 11.1. The number of nitrogens with two attached hydrogens (primary N) is 1. The van der Waals surface area contributed by atoms with Crippen molar-refractivity contribution in [2.75, 3.05) is 20.2 Å². The van der Waals surface area contributed by atoms with Gasteiger partial charge in [-0.2, -0.15) is 13.2 Å². The first-order valence-corrected chi connectivity index (χ1v) is 7.19. The van der Waals surface area contributed by atoms with Crippen molar-refractivity contribution in [3.8, 4) is 5.75 Å². The van der Waals surface area contributed by atoms with Gasteiger partial charge in [0, 0.05) is 18.2 Å². The Bertz CT molecular complexity index is 629. The monoisotopic (exact) mass is 346 g/mol. The second-order valence-electron chi connectivity index (χ2n) is 5.58. The van der Waals surface area contributed by atoms with Crippen LogP contribution in [0.5, 0.6) is 5.75 Å². The predicted molar refractivity (Wildman–Crippen MR) is 77.2 cm³/mol. The summed E-state index contributed by atoms with van der Waals surface area (Å²) in [5, 5.41) is 0. The minimum atomic E-state index is -5.22. The maximum atomic E-state index is 12.0. The van der Waals surface area contributed by atoms with Crippen molar-refractivity contribution in [1.29, 1.82) is 0 Å². The molecule has 0 aliphatic heterocycles. The number of halogens is 3. The topological polar surface area (TPSA) is 81.9 Å². The number of para-hydroxylation sites is 1. The lowest BCUT2D eigenvalue weighted by Crippen LogP contribution is -2.36. The molecular formula is C15H17F3N2O4. The third-order valence-electron chi connectivity index (χ3n) is 3.62. The summed E-state index contributed by atoms with van der Waals surface area (Å²) in [5.74, 6) is -1.99. The van der Waals surface area contributed by atoms with Gasteiger partial charge in [0.25, 0.3) is 0 Å². The fraction of sp³-hybridized carbons (Fsp3) is 0.467. The summed E-state index contributed by atoms with van der Waals surface area (Å²) >= 11 is 0. The van der Waals surface area contributed by atoms with Crippen LogP contribution in [-0.4, -0.2) is 43.3 Å². The molecule has 24 heavy (non-hydrogen) atoms. The molecule has 0 saturated heterocycles. The number of hydrogen-bond acceptors (Lipinski definition) is 5. The largest absolute Gasteiger partial charge is 0.491 e. The standard InChI is InChI=1S/C15H17F3N2O4/c1-20(13(22)24-12(21)15(16,17)18)8-9-23-11-5-3-2-4-10(11)14(19)6-7-14/h2-5H,6-9,19H2,1H3. The van der Waals surface area contributed by atoms with Gasteiger partial charge in [0.2, 0.25) is 0 Å². The van der Waals surface area contributed by atoms with Crippen LogP contribution in [0.3, 0.4) is 0 Å². The molecule has 1 aliphatic rings. The highest BCUT2D eigenvalue weighted by atomic mass is 19.4. The SMILES string of the molecule is CN(CCOc1ccccc1C1(N)CC1)C(=O)OC(=O)C(F)(F)F. The Morgan fingerprint density at radius 2 is 1.92 bits per heavy atom. The van der Waals surface area contributed by atoms with Crippen LogP contribution in [0.2, 0.25) is 0 Å². The van der Waals surface area contributed by atoms with Gasteiger partial charge >= 0.3 is 18.2 Å². The minimum absolute atomic E-state index is 0.0128. The highest BCUT2D eigenvalue weighted by Crippen LogP contribution is 2.46. The molecule has 9 heteroatoms. The molecule has 0 radical (unpaired) electrons. The molecule has 1 aromatic rings. The predicted octanol–water partition coefficient (Wildman–Crippen LogP) is 2.17. The maximum absolute atomic E-state index is 12.0. The zero-order valence-corrected chi connectivity index (χ0v) is 12.9. The average Bonchev–Trinajstić information content (AvgIpc) is 3.25. The second-order valence-corrected chi connectivity index (χ2v) is 5.58. The van der Waals surface area contributed by atoms with E-state index in [0.29, 0.717) is 5.75 Å². The van der Waals surface area contributed by atoms with E-state index in [1.54, 1.807) is 12.1 Å². The molecule has 1 fully saturated rings. The van der Waals surface area contributed by atoms with Crippen LogP contribution >= 0.6 is 0 Å². The summed E-state index contributed by atoms with van der Waals surface area (Å²) in [5.41, 5.74) is 6.58. The van der Waals surface area contributed by atoms with Crippen molar-refractivity contribution in [1.82, 2.24) is 4.90 Å². The Balaban J connectivity index is 1.84. The van der Waals surface area contributed by atoms with E-state index in [1.807, 2.05) is 12.1 Å². The lowest BCUT2D eigenvalue weighted by Gasteiger charge is -2.19. The number of benzene rings is 1. The zero-order valence-electron chi connectivity index (χ0n) is 12.9. The molecular weight excluding hydrogens is 329 g/mol. The van der Waals surface area contributed by atoms with E-state index >= 15 is 0 Å². The summed E-state index contributed by atoms with van der Waals surface area (Å²) in [6.07, 6.45) is -4.92. The molecule has 0 unspecified atom stereocenters. The van der Waals surface area contributed by atoms with Crippen LogP contribution in [0.1, 0.15) is 18.4 Å². The molecule has 6 nitrogen and oxygen atoms in total. The van der Waals surface area contributed by atoms with E-state index in [9.17, 15) is 22.8 Å². The number of carbonyl (C=O) groups is 2. The number of ether oxygens (including phenoxy) is 2. The fourth-order valence-corrected chi connectivity index (χ4v) is 2.01. The third-order valence-corrected chi connectivity index (χ3v) is 3.62. The van der Waals surface area contributed by atoms with Crippen molar-refractivity contribution in [3.63, 3.8) is 0 Å². The molecule has 0 aromatic heterocycles. The van der Waals surface area contributed by atoms with Crippen molar-refractivity contribution in [2.45, 2.75) is 24.6 Å². The quantitative estimate of drug-likeness (QED) is 0.653. The van der Waals surface area contributed by atoms with E-state index in [0.717, 1.165) is 23.3 Å². The number of nitrogens with zero attached hydrogens (tertiary/aromatic N) is 1. The lowest BCUT2D eigenvalue weighted by atomic mass is 10.1. The normalized spacial score (nSPS) is 15.5. The summed E-state index contributed by atoms with van der Waals surface area (Å²) < 4.78 is 45.4. The molecule has 1 saturated carbocycles. The molecule has 2 N–H and O–H groups in total. The molecule has 1 amide bonds. The molecule has 2 rings (SSSR count). The van der Waals surface area contributed by atoms with Crippen LogP contribution in [0, 0.1) is 0 Å². The molecule has 1 aliphatic carbocycles. The Hall–Kier alpha value is -2.29. The van der Waals surface area contributed by atoms with Crippen molar-refractivity contribution >= 4 is 12.1 Å². The summed E-state index contributed by atoms with van der Waals surface area (Å²) in [7, 11) is 1.20. The van der Waals surface area contributed by atoms with E-state index in [-0.39, 0.29) is 13.2 Å². The fourth-order valence-electron chi connectivity index (χ4n) is 2.01. The van der Waals surface area contributed by atoms with Gasteiger partial charge in [-0.05, 0) is 18.9 Å². The number of amides is 1. The lowest BCUT2D eigenvalue weighted by molar-refractivity contribution is -0.193. The molecule has 0 atom stereocenters. The first-order valence-electron chi connectivity index (χ1n) is 7.19. The molecule has 132 valence electrons. The van der Waals surface area contributed by atoms with Crippen LogP contribution in [0.15, 0.2) is 24.3 Å². The molecule has 1 aromatic carbocycles. The minimum Gasteiger partial charge on any atom is -0.491 e. The van der Waals surface area contributed by atoms with Crippen LogP contribution in [0.4, 0.5) is 18.0 Å². The molecule has 0 spiro atoms. The van der Waals surface area contributed by atoms with Gasteiger partial charge in [-0.1, -0.05) is 18.2 Å². The van der Waals surface area contributed by atoms with Gasteiger partial charge in [-0.25, -0.2) is 9.59 Å². The van der Waals surface area contributed by atoms with Crippen LogP contribution in [-0.2, 0) is 15.1 Å². The van der Waals surface area contributed by atoms with Gasteiger partial charge in [0.1, 0.15) is 12.4 Å². The summed E-state index contributed by atoms with van der Waals surface area (Å²) in [6.45, 7) is -0.0468. The number of esters is 1.